The summed E-state index contributed by atoms with van der Waals surface area (Å²) in [5, 5.41) is 16.8. The lowest BCUT2D eigenvalue weighted by Gasteiger charge is -2.20. The van der Waals surface area contributed by atoms with Crippen LogP contribution in [0, 0.1) is 5.41 Å². The zero-order valence-corrected chi connectivity index (χ0v) is 10.2. The summed E-state index contributed by atoms with van der Waals surface area (Å²) >= 11 is 0. The molecule has 0 amide bonds. The van der Waals surface area contributed by atoms with Crippen molar-refractivity contribution in [3.05, 3.63) is 35.4 Å². The number of rotatable bonds is 3. The second-order valence-electron chi connectivity index (χ2n) is 5.21. The molecule has 1 aliphatic rings. The molecular weight excluding hydrogens is 212 g/mol. The molecular formula is C14H20N2O. The molecule has 2 unspecified atom stereocenters. The molecule has 17 heavy (non-hydrogen) atoms. The van der Waals surface area contributed by atoms with Gasteiger partial charge in [0.2, 0.25) is 0 Å². The van der Waals surface area contributed by atoms with Crippen molar-refractivity contribution in [3.8, 4) is 0 Å². The second-order valence-corrected chi connectivity index (χ2v) is 5.21. The van der Waals surface area contributed by atoms with Crippen molar-refractivity contribution in [1.29, 1.82) is 5.41 Å². The highest BCUT2D eigenvalue weighted by Gasteiger charge is 2.35. The van der Waals surface area contributed by atoms with Crippen LogP contribution in [0.5, 0.6) is 0 Å². The van der Waals surface area contributed by atoms with Gasteiger partial charge < -0.3 is 16.2 Å². The fraction of sp³-hybridized carbons (Fsp3) is 0.500. The van der Waals surface area contributed by atoms with E-state index < -0.39 is 0 Å². The fourth-order valence-corrected chi connectivity index (χ4v) is 2.59. The van der Waals surface area contributed by atoms with Crippen LogP contribution >= 0.6 is 0 Å². The molecule has 0 heterocycles. The van der Waals surface area contributed by atoms with Crippen molar-refractivity contribution in [3.63, 3.8) is 0 Å². The van der Waals surface area contributed by atoms with E-state index >= 15 is 0 Å². The van der Waals surface area contributed by atoms with Crippen LogP contribution in [0.3, 0.4) is 0 Å². The van der Waals surface area contributed by atoms with Gasteiger partial charge in [-0.2, -0.15) is 0 Å². The van der Waals surface area contributed by atoms with Crippen molar-refractivity contribution < 1.29 is 5.11 Å². The fourth-order valence-electron chi connectivity index (χ4n) is 2.59. The topological polar surface area (TPSA) is 70.1 Å². The first-order chi connectivity index (χ1) is 8.04. The minimum atomic E-state index is -0.388. The maximum atomic E-state index is 9.25. The Morgan fingerprint density at radius 3 is 2.59 bits per heavy atom. The summed E-state index contributed by atoms with van der Waals surface area (Å²) in [7, 11) is 0. The molecule has 2 atom stereocenters. The Kier molecular flexibility index (Phi) is 3.31. The van der Waals surface area contributed by atoms with Gasteiger partial charge in [0, 0.05) is 11.3 Å². The van der Waals surface area contributed by atoms with Gasteiger partial charge in [-0.1, -0.05) is 24.3 Å². The number of benzene rings is 1. The second kappa shape index (κ2) is 4.59. The summed E-state index contributed by atoms with van der Waals surface area (Å²) in [6.07, 6.45) is 2.78. The maximum Gasteiger partial charge on any atom is 0.0611 e. The van der Waals surface area contributed by atoms with Crippen LogP contribution in [0.4, 0.5) is 0 Å². The van der Waals surface area contributed by atoms with Crippen molar-refractivity contribution in [2.45, 2.75) is 37.6 Å². The number of aliphatic hydroxyl groups excluding tert-OH is 1. The number of nitrogens with one attached hydrogen (secondary N) is 1. The molecule has 3 heteroatoms. The van der Waals surface area contributed by atoms with E-state index in [1.165, 1.54) is 5.56 Å². The Labute approximate surface area is 102 Å². The summed E-state index contributed by atoms with van der Waals surface area (Å²) in [6.45, 7) is 1.86. The third kappa shape index (κ3) is 2.56. The summed E-state index contributed by atoms with van der Waals surface area (Å²) in [6, 6.07) is 8.16. The molecule has 0 spiro atoms. The van der Waals surface area contributed by atoms with Crippen LogP contribution in [-0.4, -0.2) is 23.0 Å². The summed E-state index contributed by atoms with van der Waals surface area (Å²) in [4.78, 5) is 0. The van der Waals surface area contributed by atoms with Crippen LogP contribution in [0.1, 0.15) is 43.2 Å². The molecule has 0 saturated heterocycles. The van der Waals surface area contributed by atoms with Crippen LogP contribution in [0.15, 0.2) is 24.3 Å². The molecule has 1 aromatic carbocycles. The van der Waals surface area contributed by atoms with Crippen LogP contribution in [0.25, 0.3) is 0 Å². The predicted molar refractivity (Wildman–Crippen MR) is 69.5 cm³/mol. The third-order valence-corrected chi connectivity index (χ3v) is 3.77. The largest absolute Gasteiger partial charge is 0.394 e. The average molecular weight is 232 g/mol. The Hall–Kier alpha value is -1.19. The first-order valence-electron chi connectivity index (χ1n) is 6.09. The van der Waals surface area contributed by atoms with E-state index in [0.717, 1.165) is 24.8 Å². The van der Waals surface area contributed by atoms with Gasteiger partial charge in [-0.25, -0.2) is 0 Å². The van der Waals surface area contributed by atoms with E-state index in [2.05, 4.69) is 12.1 Å². The molecule has 0 aromatic heterocycles. The lowest BCUT2D eigenvalue weighted by molar-refractivity contribution is 0.198. The summed E-state index contributed by atoms with van der Waals surface area (Å²) in [5.41, 5.74) is 8.52. The Morgan fingerprint density at radius 2 is 2.12 bits per heavy atom. The van der Waals surface area contributed by atoms with E-state index in [9.17, 15) is 5.11 Å². The van der Waals surface area contributed by atoms with Gasteiger partial charge in [-0.05, 0) is 43.2 Å². The van der Waals surface area contributed by atoms with Gasteiger partial charge in [0.1, 0.15) is 0 Å². The van der Waals surface area contributed by atoms with Gasteiger partial charge in [0.25, 0.3) is 0 Å². The standard InChI is InChI=1S/C14H20N2O/c1-10(15)11-2-4-12(5-3-11)13-6-7-14(16,8-13)9-17/h2-5,13,15,17H,6-9,16H2,1H3. The minimum Gasteiger partial charge on any atom is -0.394 e. The molecule has 2 rings (SSSR count). The van der Waals surface area contributed by atoms with E-state index in [1.807, 2.05) is 12.1 Å². The SMILES string of the molecule is CC(=N)c1ccc(C2CCC(N)(CO)C2)cc1. The molecule has 92 valence electrons. The number of nitrogens with two attached hydrogens (primary N) is 1. The number of hydrogen-bond donors (Lipinski definition) is 3. The quantitative estimate of drug-likeness (QED) is 0.698. The number of aliphatic hydroxyl groups is 1. The Morgan fingerprint density at radius 1 is 1.47 bits per heavy atom. The van der Waals surface area contributed by atoms with Gasteiger partial charge in [-0.3, -0.25) is 0 Å². The van der Waals surface area contributed by atoms with Gasteiger partial charge in [-0.15, -0.1) is 0 Å². The third-order valence-electron chi connectivity index (χ3n) is 3.77. The molecule has 1 fully saturated rings. The molecule has 1 aliphatic carbocycles. The lowest BCUT2D eigenvalue weighted by Crippen LogP contribution is -2.40. The monoisotopic (exact) mass is 232 g/mol. The predicted octanol–water partition coefficient (Wildman–Crippen LogP) is 2.03. The highest BCUT2D eigenvalue weighted by molar-refractivity contribution is 5.96. The zero-order valence-electron chi connectivity index (χ0n) is 10.2. The van der Waals surface area contributed by atoms with Gasteiger partial charge in [0.05, 0.1) is 6.61 Å². The van der Waals surface area contributed by atoms with Crippen LogP contribution in [-0.2, 0) is 0 Å². The smallest absolute Gasteiger partial charge is 0.0611 e. The van der Waals surface area contributed by atoms with Crippen molar-refractivity contribution in [1.82, 2.24) is 0 Å². The maximum absolute atomic E-state index is 9.25. The first kappa shape index (κ1) is 12.3. The van der Waals surface area contributed by atoms with Crippen molar-refractivity contribution >= 4 is 5.71 Å². The molecule has 1 aromatic rings. The lowest BCUT2D eigenvalue weighted by atomic mass is 9.93. The van der Waals surface area contributed by atoms with Gasteiger partial charge in [0.15, 0.2) is 0 Å². The van der Waals surface area contributed by atoms with E-state index in [0.29, 0.717) is 11.6 Å². The molecule has 3 nitrogen and oxygen atoms in total. The van der Waals surface area contributed by atoms with Crippen LogP contribution < -0.4 is 5.73 Å². The zero-order chi connectivity index (χ0) is 12.5. The molecule has 4 N–H and O–H groups in total. The summed E-state index contributed by atoms with van der Waals surface area (Å²) < 4.78 is 0. The number of hydrogen-bond acceptors (Lipinski definition) is 3. The Balaban J connectivity index is 2.12. The molecule has 0 aliphatic heterocycles. The van der Waals surface area contributed by atoms with Crippen LogP contribution in [0.2, 0.25) is 0 Å². The van der Waals surface area contributed by atoms with E-state index in [1.54, 1.807) is 6.92 Å². The highest BCUT2D eigenvalue weighted by Crippen LogP contribution is 2.39. The molecule has 1 saturated carbocycles. The highest BCUT2D eigenvalue weighted by atomic mass is 16.3. The van der Waals surface area contributed by atoms with E-state index in [-0.39, 0.29) is 12.1 Å². The molecule has 0 radical (unpaired) electrons. The minimum absolute atomic E-state index is 0.0706. The average Bonchev–Trinajstić information content (AvgIpc) is 2.73. The Bertz CT molecular complexity index is 413. The molecule has 0 bridgehead atoms. The normalized spacial score (nSPS) is 28.3. The van der Waals surface area contributed by atoms with E-state index in [4.69, 9.17) is 11.1 Å². The first-order valence-corrected chi connectivity index (χ1v) is 6.09. The van der Waals surface area contributed by atoms with Crippen molar-refractivity contribution in [2.24, 2.45) is 5.73 Å². The van der Waals surface area contributed by atoms with Gasteiger partial charge >= 0.3 is 0 Å². The summed E-state index contributed by atoms with van der Waals surface area (Å²) in [5.74, 6) is 0.451. The van der Waals surface area contributed by atoms with Crippen molar-refractivity contribution in [2.75, 3.05) is 6.61 Å².